The molecular weight excluding hydrogens is 462 g/mol. The normalized spacial score (nSPS) is 12.8. The van der Waals surface area contributed by atoms with Crippen LogP contribution in [0.25, 0.3) is 0 Å². The van der Waals surface area contributed by atoms with Crippen LogP contribution in [0.15, 0.2) is 36.4 Å². The average molecular weight is 488 g/mol. The molecule has 186 valence electrons. The van der Waals surface area contributed by atoms with Gasteiger partial charge < -0.3 is 15.2 Å². The average Bonchev–Trinajstić information content (AvgIpc) is 2.78. The molecule has 0 aromatic heterocycles. The molecule has 0 saturated heterocycles. The third-order valence-electron chi connectivity index (χ3n) is 5.14. The summed E-state index contributed by atoms with van der Waals surface area (Å²) in [5.41, 5.74) is 2.75. The molecule has 34 heavy (non-hydrogen) atoms. The second-order valence-corrected chi connectivity index (χ2v) is 7.74. The molecule has 0 heterocycles. The fourth-order valence-electron chi connectivity index (χ4n) is 3.37. The first kappa shape index (κ1) is 27.3. The lowest BCUT2D eigenvalue weighted by atomic mass is 10.1. The predicted molar refractivity (Wildman–Crippen MR) is 114 cm³/mol. The van der Waals surface area contributed by atoms with E-state index in [1.165, 1.54) is 24.3 Å². The van der Waals surface area contributed by atoms with E-state index in [4.69, 9.17) is 20.5 Å². The molecule has 0 saturated carbocycles. The van der Waals surface area contributed by atoms with Gasteiger partial charge in [-0.2, -0.15) is 31.6 Å². The van der Waals surface area contributed by atoms with Crippen LogP contribution in [0, 0.1) is 11.3 Å². The van der Waals surface area contributed by atoms with Crippen LogP contribution >= 0.6 is 0 Å². The van der Waals surface area contributed by atoms with Crippen LogP contribution in [0.1, 0.15) is 61.3 Å². The Morgan fingerprint density at radius 2 is 1.56 bits per heavy atom. The smallest absolute Gasteiger partial charge is 0.417 e. The van der Waals surface area contributed by atoms with Gasteiger partial charge in [0.2, 0.25) is 0 Å². The Kier molecular flexibility index (Phi) is 9.62. The Labute approximate surface area is 194 Å². The molecule has 0 aliphatic rings. The van der Waals surface area contributed by atoms with E-state index in [-0.39, 0.29) is 30.2 Å². The van der Waals surface area contributed by atoms with Gasteiger partial charge in [-0.15, -0.1) is 0 Å². The minimum absolute atomic E-state index is 0.0532. The number of nitrogens with zero attached hydrogens (tertiary/aromatic N) is 1. The van der Waals surface area contributed by atoms with E-state index in [0.29, 0.717) is 12.8 Å². The van der Waals surface area contributed by atoms with Crippen molar-refractivity contribution in [2.75, 3.05) is 6.61 Å². The number of unbranched alkanes of at least 4 members (excludes halogenated alkanes) is 3. The highest BCUT2D eigenvalue weighted by molar-refractivity contribution is 5.44. The molecule has 2 aromatic carbocycles. The highest BCUT2D eigenvalue weighted by Crippen LogP contribution is 2.36. The number of nitriles is 1. The van der Waals surface area contributed by atoms with Gasteiger partial charge >= 0.3 is 12.4 Å². The lowest BCUT2D eigenvalue weighted by molar-refractivity contribution is -0.139. The topological polar surface area (TPSA) is 68.3 Å². The molecular formula is C24H26F6N2O2. The summed E-state index contributed by atoms with van der Waals surface area (Å²) in [4.78, 5) is 0. The molecule has 0 amide bonds. The van der Waals surface area contributed by atoms with Crippen LogP contribution < -0.4 is 15.2 Å². The Morgan fingerprint density at radius 3 is 2.15 bits per heavy atom. The van der Waals surface area contributed by atoms with Crippen molar-refractivity contribution in [3.8, 4) is 17.6 Å². The Hall–Kier alpha value is -2.93. The van der Waals surface area contributed by atoms with E-state index in [1.54, 1.807) is 0 Å². The van der Waals surface area contributed by atoms with Crippen LogP contribution in [0.5, 0.6) is 11.5 Å². The zero-order valence-corrected chi connectivity index (χ0v) is 18.6. The molecule has 0 spiro atoms. The molecule has 1 atom stereocenters. The summed E-state index contributed by atoms with van der Waals surface area (Å²) in [6.07, 6.45) is -6.15. The van der Waals surface area contributed by atoms with Gasteiger partial charge in [0, 0.05) is 6.54 Å². The van der Waals surface area contributed by atoms with Gasteiger partial charge in [-0.25, -0.2) is 0 Å². The molecule has 4 nitrogen and oxygen atoms in total. The Morgan fingerprint density at radius 1 is 0.912 bits per heavy atom. The first-order valence-corrected chi connectivity index (χ1v) is 10.8. The molecule has 0 aliphatic carbocycles. The third kappa shape index (κ3) is 7.83. The molecule has 0 bridgehead atoms. The van der Waals surface area contributed by atoms with E-state index < -0.39 is 35.1 Å². The number of benzene rings is 2. The summed E-state index contributed by atoms with van der Waals surface area (Å²) in [5, 5.41) is 8.95. The molecule has 1 unspecified atom stereocenters. The first-order chi connectivity index (χ1) is 16.0. The summed E-state index contributed by atoms with van der Waals surface area (Å²) in [6, 6.07) is 7.96. The highest BCUT2D eigenvalue weighted by atomic mass is 19.4. The Bertz CT molecular complexity index is 983. The van der Waals surface area contributed by atoms with Gasteiger partial charge in [0.05, 0.1) is 22.8 Å². The predicted octanol–water partition coefficient (Wildman–Crippen LogP) is 6.85. The number of hydrogen-bond donors (Lipinski definition) is 1. The summed E-state index contributed by atoms with van der Waals surface area (Å²) in [7, 11) is 0. The standard InChI is InChI=1S/C24H26F6N2O2/c1-2-3-4-5-6-20(34-19-10-8-17(14-32)22(12-19)24(28,29)30)15-33-18-9-7-16(13-31)21(11-18)23(25,26)27/h7-12,20H,2-6,13,15,31H2,1H3. The third-order valence-corrected chi connectivity index (χ3v) is 5.14. The van der Waals surface area contributed by atoms with Crippen LogP contribution in [-0.4, -0.2) is 12.7 Å². The molecule has 2 aromatic rings. The highest BCUT2D eigenvalue weighted by Gasteiger charge is 2.35. The molecule has 0 aliphatic heterocycles. The summed E-state index contributed by atoms with van der Waals surface area (Å²) in [5.74, 6) is -0.160. The van der Waals surface area contributed by atoms with Crippen molar-refractivity contribution >= 4 is 0 Å². The minimum Gasteiger partial charge on any atom is -0.490 e. The number of nitrogens with two attached hydrogens (primary N) is 1. The largest absolute Gasteiger partial charge is 0.490 e. The van der Waals surface area contributed by atoms with Crippen molar-refractivity contribution in [2.45, 2.75) is 64.0 Å². The van der Waals surface area contributed by atoms with Crippen LogP contribution in [-0.2, 0) is 18.9 Å². The number of halogens is 6. The van der Waals surface area contributed by atoms with Gasteiger partial charge in [0.1, 0.15) is 24.2 Å². The van der Waals surface area contributed by atoms with E-state index in [1.807, 2.05) is 6.92 Å². The second-order valence-electron chi connectivity index (χ2n) is 7.74. The van der Waals surface area contributed by atoms with E-state index >= 15 is 0 Å². The molecule has 0 fully saturated rings. The van der Waals surface area contributed by atoms with Crippen molar-refractivity contribution in [1.82, 2.24) is 0 Å². The molecule has 10 heteroatoms. The molecule has 2 N–H and O–H groups in total. The van der Waals surface area contributed by atoms with Gasteiger partial charge in [0.15, 0.2) is 0 Å². The van der Waals surface area contributed by atoms with Gasteiger partial charge in [0.25, 0.3) is 0 Å². The fraction of sp³-hybridized carbons (Fsp3) is 0.458. The van der Waals surface area contributed by atoms with Gasteiger partial charge in [-0.05, 0) is 48.7 Å². The van der Waals surface area contributed by atoms with E-state index in [9.17, 15) is 26.3 Å². The van der Waals surface area contributed by atoms with E-state index in [2.05, 4.69) is 0 Å². The molecule has 0 radical (unpaired) electrons. The van der Waals surface area contributed by atoms with Gasteiger partial charge in [-0.3, -0.25) is 0 Å². The monoisotopic (exact) mass is 488 g/mol. The maximum atomic E-state index is 13.3. The van der Waals surface area contributed by atoms with Crippen molar-refractivity contribution in [1.29, 1.82) is 5.26 Å². The summed E-state index contributed by atoms with van der Waals surface area (Å²) < 4.78 is 90.9. The number of rotatable bonds is 11. The van der Waals surface area contributed by atoms with Crippen molar-refractivity contribution in [3.05, 3.63) is 58.7 Å². The Balaban J connectivity index is 2.21. The van der Waals surface area contributed by atoms with Crippen molar-refractivity contribution in [2.24, 2.45) is 5.73 Å². The number of hydrogen-bond acceptors (Lipinski definition) is 4. The minimum atomic E-state index is -4.74. The maximum absolute atomic E-state index is 13.3. The van der Waals surface area contributed by atoms with Crippen molar-refractivity contribution in [3.63, 3.8) is 0 Å². The fourth-order valence-corrected chi connectivity index (χ4v) is 3.37. The lowest BCUT2D eigenvalue weighted by Crippen LogP contribution is -2.25. The first-order valence-electron chi connectivity index (χ1n) is 10.8. The second kappa shape index (κ2) is 12.0. The quantitative estimate of drug-likeness (QED) is 0.277. The SMILES string of the molecule is CCCCCCC(COc1ccc(CN)c(C(F)(F)F)c1)Oc1ccc(C#N)c(C(F)(F)F)c1. The zero-order valence-electron chi connectivity index (χ0n) is 18.6. The van der Waals surface area contributed by atoms with Crippen LogP contribution in [0.2, 0.25) is 0 Å². The summed E-state index contributed by atoms with van der Waals surface area (Å²) >= 11 is 0. The van der Waals surface area contributed by atoms with Gasteiger partial charge in [-0.1, -0.05) is 32.3 Å². The maximum Gasteiger partial charge on any atom is 0.417 e. The van der Waals surface area contributed by atoms with Crippen LogP contribution in [0.3, 0.4) is 0 Å². The molecule has 2 rings (SSSR count). The van der Waals surface area contributed by atoms with Crippen molar-refractivity contribution < 1.29 is 35.8 Å². The number of ether oxygens (including phenoxy) is 2. The zero-order chi connectivity index (χ0) is 25.4. The van der Waals surface area contributed by atoms with Crippen LogP contribution in [0.4, 0.5) is 26.3 Å². The van der Waals surface area contributed by atoms with E-state index in [0.717, 1.165) is 37.5 Å². The summed E-state index contributed by atoms with van der Waals surface area (Å²) in [6.45, 7) is 1.56. The number of alkyl halides is 6. The lowest BCUT2D eigenvalue weighted by Gasteiger charge is -2.21.